The molecule has 0 spiro atoms. The van der Waals surface area contributed by atoms with Crippen LogP contribution in [0.3, 0.4) is 0 Å². The molecule has 0 unspecified atom stereocenters. The van der Waals surface area contributed by atoms with Crippen molar-refractivity contribution >= 4 is 6.03 Å². The molecule has 12 heavy (non-hydrogen) atoms. The minimum Gasteiger partial charge on any atom is -0.352 e. The van der Waals surface area contributed by atoms with Gasteiger partial charge in [-0.2, -0.15) is 0 Å². The van der Waals surface area contributed by atoms with Crippen LogP contribution in [0, 0.1) is 0 Å². The van der Waals surface area contributed by atoms with Crippen molar-refractivity contribution in [3.8, 4) is 0 Å². The molecule has 0 atom stereocenters. The number of hydrogen-bond donors (Lipinski definition) is 3. The summed E-state index contributed by atoms with van der Waals surface area (Å²) in [4.78, 5) is 10.2. The average molecular weight is 171 g/mol. The normalized spacial score (nSPS) is 9.42. The Labute approximate surface area is 73.2 Å². The molecule has 4 N–H and O–H groups in total. The number of carbonyl (C=O) groups is 1. The van der Waals surface area contributed by atoms with Gasteiger partial charge in [0.05, 0.1) is 0 Å². The number of nitrogens with two attached hydrogens (primary N) is 1. The molecule has 0 saturated carbocycles. The SMILES string of the molecule is C=C(C)CCNCCNC(N)=O. The standard InChI is InChI=1S/C8H17N3O/c1-7(2)3-4-10-5-6-11-8(9)12/h10H,1,3-6H2,2H3,(H3,9,11,12). The van der Waals surface area contributed by atoms with E-state index >= 15 is 0 Å². The fourth-order valence-corrected chi connectivity index (χ4v) is 0.701. The molecular weight excluding hydrogens is 154 g/mol. The van der Waals surface area contributed by atoms with Crippen molar-refractivity contribution in [3.63, 3.8) is 0 Å². The van der Waals surface area contributed by atoms with E-state index in [9.17, 15) is 4.79 Å². The quantitative estimate of drug-likeness (QED) is 0.395. The summed E-state index contributed by atoms with van der Waals surface area (Å²) in [5.41, 5.74) is 6.02. The molecule has 0 aromatic heterocycles. The zero-order chi connectivity index (χ0) is 9.40. The van der Waals surface area contributed by atoms with Crippen molar-refractivity contribution in [2.75, 3.05) is 19.6 Å². The summed E-state index contributed by atoms with van der Waals surface area (Å²) >= 11 is 0. The Morgan fingerprint density at radius 2 is 2.08 bits per heavy atom. The van der Waals surface area contributed by atoms with Gasteiger partial charge in [-0.05, 0) is 19.9 Å². The minimum absolute atomic E-state index is 0.475. The number of urea groups is 1. The Morgan fingerprint density at radius 1 is 1.42 bits per heavy atom. The number of amides is 2. The van der Waals surface area contributed by atoms with Crippen LogP contribution in [0.4, 0.5) is 4.79 Å². The number of carbonyl (C=O) groups excluding carboxylic acids is 1. The second-order valence-corrected chi connectivity index (χ2v) is 2.75. The highest BCUT2D eigenvalue weighted by molar-refractivity contribution is 5.71. The van der Waals surface area contributed by atoms with Gasteiger partial charge in [-0.25, -0.2) is 4.79 Å². The lowest BCUT2D eigenvalue weighted by Gasteiger charge is -2.04. The molecule has 0 rings (SSSR count). The van der Waals surface area contributed by atoms with Crippen molar-refractivity contribution in [2.45, 2.75) is 13.3 Å². The highest BCUT2D eigenvalue weighted by Gasteiger charge is 1.90. The largest absolute Gasteiger partial charge is 0.352 e. The minimum atomic E-state index is -0.475. The van der Waals surface area contributed by atoms with Crippen LogP contribution in [0.5, 0.6) is 0 Å². The Kier molecular flexibility index (Phi) is 6.09. The van der Waals surface area contributed by atoms with Crippen molar-refractivity contribution in [1.82, 2.24) is 10.6 Å². The molecule has 0 aromatic carbocycles. The highest BCUT2D eigenvalue weighted by Crippen LogP contribution is 1.90. The topological polar surface area (TPSA) is 67.2 Å². The molecule has 0 aliphatic heterocycles. The maximum atomic E-state index is 10.2. The summed E-state index contributed by atoms with van der Waals surface area (Å²) in [7, 11) is 0. The predicted molar refractivity (Wildman–Crippen MR) is 49.9 cm³/mol. The summed E-state index contributed by atoms with van der Waals surface area (Å²) in [5.74, 6) is 0. The van der Waals surface area contributed by atoms with E-state index in [-0.39, 0.29) is 0 Å². The van der Waals surface area contributed by atoms with Gasteiger partial charge in [0, 0.05) is 13.1 Å². The molecule has 0 aliphatic rings. The van der Waals surface area contributed by atoms with Crippen LogP contribution in [0.25, 0.3) is 0 Å². The molecule has 4 nitrogen and oxygen atoms in total. The number of nitrogens with one attached hydrogen (secondary N) is 2. The first-order valence-electron chi connectivity index (χ1n) is 4.01. The molecular formula is C8H17N3O. The first kappa shape index (κ1) is 11.0. The molecule has 0 bridgehead atoms. The lowest BCUT2D eigenvalue weighted by molar-refractivity contribution is 0.249. The third-order valence-electron chi connectivity index (χ3n) is 1.33. The molecule has 0 radical (unpaired) electrons. The van der Waals surface area contributed by atoms with Gasteiger partial charge in [0.15, 0.2) is 0 Å². The Morgan fingerprint density at radius 3 is 2.58 bits per heavy atom. The summed E-state index contributed by atoms with van der Waals surface area (Å²) in [5, 5.41) is 5.63. The maximum Gasteiger partial charge on any atom is 0.312 e. The van der Waals surface area contributed by atoms with Crippen LogP contribution >= 0.6 is 0 Å². The summed E-state index contributed by atoms with van der Waals surface area (Å²) in [6, 6.07) is -0.475. The van der Waals surface area contributed by atoms with Gasteiger partial charge >= 0.3 is 6.03 Å². The van der Waals surface area contributed by atoms with Gasteiger partial charge in [-0.1, -0.05) is 5.57 Å². The second kappa shape index (κ2) is 6.67. The van der Waals surface area contributed by atoms with Gasteiger partial charge in [-0.3, -0.25) is 0 Å². The van der Waals surface area contributed by atoms with Crippen molar-refractivity contribution in [3.05, 3.63) is 12.2 Å². The van der Waals surface area contributed by atoms with Crippen molar-refractivity contribution < 1.29 is 4.79 Å². The monoisotopic (exact) mass is 171 g/mol. The number of hydrogen-bond acceptors (Lipinski definition) is 2. The summed E-state index contributed by atoms with van der Waals surface area (Å²) in [6.07, 6.45) is 0.969. The van der Waals surface area contributed by atoms with Gasteiger partial charge in [-0.15, -0.1) is 6.58 Å². The van der Waals surface area contributed by atoms with Gasteiger partial charge in [0.25, 0.3) is 0 Å². The zero-order valence-corrected chi connectivity index (χ0v) is 7.52. The van der Waals surface area contributed by atoms with E-state index in [2.05, 4.69) is 17.2 Å². The fraction of sp³-hybridized carbons (Fsp3) is 0.625. The van der Waals surface area contributed by atoms with Crippen LogP contribution in [-0.4, -0.2) is 25.7 Å². The number of rotatable bonds is 6. The number of primary amides is 1. The molecule has 0 saturated heterocycles. The molecule has 4 heteroatoms. The molecule has 0 aliphatic carbocycles. The Hall–Kier alpha value is -1.03. The van der Waals surface area contributed by atoms with E-state index in [1.54, 1.807) is 0 Å². The summed E-state index contributed by atoms with van der Waals surface area (Å²) < 4.78 is 0. The lowest BCUT2D eigenvalue weighted by Crippen LogP contribution is -2.35. The highest BCUT2D eigenvalue weighted by atomic mass is 16.2. The second-order valence-electron chi connectivity index (χ2n) is 2.75. The van der Waals surface area contributed by atoms with Gasteiger partial charge in [0.1, 0.15) is 0 Å². The first-order valence-corrected chi connectivity index (χ1v) is 4.01. The van der Waals surface area contributed by atoms with Crippen molar-refractivity contribution in [2.24, 2.45) is 5.73 Å². The van der Waals surface area contributed by atoms with E-state index in [0.717, 1.165) is 25.1 Å². The summed E-state index contributed by atoms with van der Waals surface area (Å²) in [6.45, 7) is 7.98. The van der Waals surface area contributed by atoms with Crippen LogP contribution in [0.15, 0.2) is 12.2 Å². The predicted octanol–water partition coefficient (Wildman–Crippen LogP) is 0.210. The maximum absolute atomic E-state index is 10.2. The van der Waals surface area contributed by atoms with Crippen LogP contribution in [0.1, 0.15) is 13.3 Å². The Balaban J connectivity index is 3.01. The van der Waals surface area contributed by atoms with E-state index < -0.39 is 6.03 Å². The van der Waals surface area contributed by atoms with Crippen LogP contribution < -0.4 is 16.4 Å². The zero-order valence-electron chi connectivity index (χ0n) is 7.52. The molecule has 2 amide bonds. The van der Waals surface area contributed by atoms with Crippen molar-refractivity contribution in [1.29, 1.82) is 0 Å². The molecule has 0 fully saturated rings. The van der Waals surface area contributed by atoms with E-state index in [0.29, 0.717) is 6.54 Å². The van der Waals surface area contributed by atoms with Crippen LogP contribution in [0.2, 0.25) is 0 Å². The van der Waals surface area contributed by atoms with Crippen LogP contribution in [-0.2, 0) is 0 Å². The average Bonchev–Trinajstić information content (AvgIpc) is 1.95. The van der Waals surface area contributed by atoms with E-state index in [1.807, 2.05) is 6.92 Å². The fourth-order valence-electron chi connectivity index (χ4n) is 0.701. The lowest BCUT2D eigenvalue weighted by atomic mass is 10.2. The smallest absolute Gasteiger partial charge is 0.312 e. The molecule has 0 heterocycles. The van der Waals surface area contributed by atoms with Gasteiger partial charge < -0.3 is 16.4 Å². The van der Waals surface area contributed by atoms with E-state index in [4.69, 9.17) is 5.73 Å². The third kappa shape index (κ3) is 8.97. The molecule has 70 valence electrons. The first-order chi connectivity index (χ1) is 5.63. The van der Waals surface area contributed by atoms with E-state index in [1.165, 1.54) is 0 Å². The Bertz CT molecular complexity index is 138. The third-order valence-corrected chi connectivity index (χ3v) is 1.33. The van der Waals surface area contributed by atoms with Gasteiger partial charge in [0.2, 0.25) is 0 Å². The molecule has 0 aromatic rings.